The molecule has 1 amide bonds. The van der Waals surface area contributed by atoms with Gasteiger partial charge < -0.3 is 5.32 Å². The second-order valence-electron chi connectivity index (χ2n) is 7.36. The van der Waals surface area contributed by atoms with Crippen molar-refractivity contribution in [2.45, 2.75) is 75.9 Å². The fraction of sp³-hybridized carbons (Fsp3) is 0.824. The van der Waals surface area contributed by atoms with E-state index in [0.717, 1.165) is 18.3 Å². The smallest absolute Gasteiger partial charge is 0.343 e. The van der Waals surface area contributed by atoms with Crippen molar-refractivity contribution < 1.29 is 4.79 Å². The van der Waals surface area contributed by atoms with Crippen LogP contribution in [-0.2, 0) is 11.3 Å². The van der Waals surface area contributed by atoms with E-state index in [-0.39, 0.29) is 22.9 Å². The summed E-state index contributed by atoms with van der Waals surface area (Å²) in [6.07, 6.45) is 6.18. The van der Waals surface area contributed by atoms with E-state index in [1.807, 2.05) is 13.8 Å². The van der Waals surface area contributed by atoms with Gasteiger partial charge in [0.2, 0.25) is 5.91 Å². The summed E-state index contributed by atoms with van der Waals surface area (Å²) in [7, 11) is 0. The summed E-state index contributed by atoms with van der Waals surface area (Å²) in [6, 6.07) is 0.230. The van der Waals surface area contributed by atoms with Crippen molar-refractivity contribution in [2.24, 2.45) is 17.8 Å². The topological polar surface area (TPSA) is 79.8 Å². The summed E-state index contributed by atoms with van der Waals surface area (Å²) in [5, 5.41) is 10.1. The molecule has 7 heteroatoms. The molecule has 1 heterocycles. The molecule has 1 aromatic rings. The first-order valence-electron chi connectivity index (χ1n) is 9.11. The van der Waals surface area contributed by atoms with Gasteiger partial charge in [0.1, 0.15) is 0 Å². The number of aromatic amines is 1. The van der Waals surface area contributed by atoms with Crippen LogP contribution in [0.2, 0.25) is 0 Å². The van der Waals surface area contributed by atoms with E-state index in [2.05, 4.69) is 22.4 Å². The molecule has 5 atom stereocenters. The molecule has 2 N–H and O–H groups in total. The van der Waals surface area contributed by atoms with Gasteiger partial charge in [0.15, 0.2) is 5.16 Å². The fourth-order valence-electron chi connectivity index (χ4n) is 4.38. The normalized spacial score (nSPS) is 28.0. The van der Waals surface area contributed by atoms with Crippen LogP contribution in [0.25, 0.3) is 0 Å². The number of H-pyrrole nitrogens is 1. The van der Waals surface area contributed by atoms with Crippen LogP contribution in [0, 0.1) is 17.8 Å². The van der Waals surface area contributed by atoms with Gasteiger partial charge in [-0.3, -0.25) is 9.36 Å². The lowest BCUT2D eigenvalue weighted by Crippen LogP contribution is -2.43. The van der Waals surface area contributed by atoms with Crippen LogP contribution in [0.4, 0.5) is 0 Å². The van der Waals surface area contributed by atoms with Crippen LogP contribution in [0.5, 0.6) is 0 Å². The number of hydrogen-bond donors (Lipinski definition) is 2. The quantitative estimate of drug-likeness (QED) is 0.739. The number of hydrogen-bond acceptors (Lipinski definition) is 4. The zero-order valence-corrected chi connectivity index (χ0v) is 15.6. The van der Waals surface area contributed by atoms with E-state index in [0.29, 0.717) is 17.6 Å². The third-order valence-electron chi connectivity index (χ3n) is 5.63. The molecular formula is C17H28N4O2S. The molecule has 0 spiro atoms. The summed E-state index contributed by atoms with van der Waals surface area (Å²) in [6.45, 7) is 6.65. The number of rotatable bonds is 7. The Balaban J connectivity index is 1.56. The van der Waals surface area contributed by atoms with Gasteiger partial charge in [-0.15, -0.1) is 5.10 Å². The molecule has 2 aliphatic rings. The maximum Gasteiger partial charge on any atom is 0.343 e. The van der Waals surface area contributed by atoms with Gasteiger partial charge in [-0.05, 0) is 57.3 Å². The van der Waals surface area contributed by atoms with Gasteiger partial charge in [0.25, 0.3) is 0 Å². The molecule has 2 aliphatic carbocycles. The van der Waals surface area contributed by atoms with Gasteiger partial charge >= 0.3 is 5.69 Å². The number of nitrogens with one attached hydrogen (secondary N) is 2. The van der Waals surface area contributed by atoms with Gasteiger partial charge in [-0.1, -0.05) is 25.1 Å². The van der Waals surface area contributed by atoms with E-state index in [9.17, 15) is 9.59 Å². The summed E-state index contributed by atoms with van der Waals surface area (Å²) in [4.78, 5) is 24.3. The molecule has 2 saturated carbocycles. The third-order valence-corrected chi connectivity index (χ3v) is 6.72. The predicted octanol–water partition coefficient (Wildman–Crippen LogP) is 2.40. The Morgan fingerprint density at radius 3 is 2.83 bits per heavy atom. The Labute approximate surface area is 147 Å². The molecule has 0 aromatic carbocycles. The molecular weight excluding hydrogens is 324 g/mol. The van der Waals surface area contributed by atoms with E-state index >= 15 is 0 Å². The molecule has 5 unspecified atom stereocenters. The second kappa shape index (κ2) is 7.33. The summed E-state index contributed by atoms with van der Waals surface area (Å²) < 4.78 is 1.60. The summed E-state index contributed by atoms with van der Waals surface area (Å²) in [5.41, 5.74) is -0.206. The van der Waals surface area contributed by atoms with Crippen LogP contribution in [0.3, 0.4) is 0 Å². The van der Waals surface area contributed by atoms with Crippen molar-refractivity contribution in [3.05, 3.63) is 10.5 Å². The predicted molar refractivity (Wildman–Crippen MR) is 95.0 cm³/mol. The summed E-state index contributed by atoms with van der Waals surface area (Å²) in [5.74, 6) is 2.36. The highest BCUT2D eigenvalue weighted by molar-refractivity contribution is 8.00. The SMILES string of the molecule is CCCn1c(SC(C)C(=O)NC(C)C2CC3CCC2C3)n[nH]c1=O. The van der Waals surface area contributed by atoms with Crippen molar-refractivity contribution in [3.8, 4) is 0 Å². The van der Waals surface area contributed by atoms with E-state index in [1.165, 1.54) is 37.4 Å². The molecule has 6 nitrogen and oxygen atoms in total. The summed E-state index contributed by atoms with van der Waals surface area (Å²) >= 11 is 1.35. The molecule has 3 rings (SSSR count). The minimum atomic E-state index is -0.267. The highest BCUT2D eigenvalue weighted by Crippen LogP contribution is 2.49. The number of carbonyl (C=O) groups excluding carboxylic acids is 1. The van der Waals surface area contributed by atoms with Crippen molar-refractivity contribution in [2.75, 3.05) is 0 Å². The Kier molecular flexibility index (Phi) is 5.37. The third kappa shape index (κ3) is 3.55. The van der Waals surface area contributed by atoms with Gasteiger partial charge in [-0.2, -0.15) is 0 Å². The van der Waals surface area contributed by atoms with Crippen molar-refractivity contribution >= 4 is 17.7 Å². The first-order chi connectivity index (χ1) is 11.5. The van der Waals surface area contributed by atoms with Crippen LogP contribution in [0.1, 0.15) is 52.9 Å². The first kappa shape index (κ1) is 17.6. The second-order valence-corrected chi connectivity index (χ2v) is 8.67. The molecule has 2 bridgehead atoms. The van der Waals surface area contributed by atoms with Crippen molar-refractivity contribution in [1.82, 2.24) is 20.1 Å². The first-order valence-corrected chi connectivity index (χ1v) is 9.99. The molecule has 1 aromatic heterocycles. The molecule has 24 heavy (non-hydrogen) atoms. The Morgan fingerprint density at radius 1 is 1.42 bits per heavy atom. The highest BCUT2D eigenvalue weighted by Gasteiger charge is 2.42. The lowest BCUT2D eigenvalue weighted by atomic mass is 9.84. The number of thioether (sulfide) groups is 1. The Bertz CT molecular complexity index is 641. The van der Waals surface area contributed by atoms with Crippen LogP contribution >= 0.6 is 11.8 Å². The number of carbonyl (C=O) groups is 1. The standard InChI is InChI=1S/C17H28N4O2S/c1-4-7-21-16(23)19-20-17(21)24-11(3)15(22)18-10(2)14-9-12-5-6-13(14)8-12/h10-14H,4-9H2,1-3H3,(H,18,22)(H,19,23). The lowest BCUT2D eigenvalue weighted by molar-refractivity contribution is -0.121. The molecule has 0 aliphatic heterocycles. The minimum Gasteiger partial charge on any atom is -0.352 e. The maximum atomic E-state index is 12.5. The van der Waals surface area contributed by atoms with E-state index in [4.69, 9.17) is 0 Å². The van der Waals surface area contributed by atoms with Gasteiger partial charge in [0, 0.05) is 12.6 Å². The zero-order valence-electron chi connectivity index (χ0n) is 14.7. The van der Waals surface area contributed by atoms with E-state index in [1.54, 1.807) is 4.57 Å². The molecule has 134 valence electrons. The minimum absolute atomic E-state index is 0.0359. The molecule has 0 radical (unpaired) electrons. The number of fused-ring (bicyclic) bond motifs is 2. The highest BCUT2D eigenvalue weighted by atomic mass is 32.2. The largest absolute Gasteiger partial charge is 0.352 e. The number of nitrogens with zero attached hydrogens (tertiary/aromatic N) is 2. The molecule has 2 fully saturated rings. The van der Waals surface area contributed by atoms with Crippen LogP contribution < -0.4 is 11.0 Å². The van der Waals surface area contributed by atoms with Gasteiger partial charge in [0.05, 0.1) is 5.25 Å². The van der Waals surface area contributed by atoms with Crippen molar-refractivity contribution in [3.63, 3.8) is 0 Å². The maximum absolute atomic E-state index is 12.5. The number of aromatic nitrogens is 3. The Morgan fingerprint density at radius 2 is 2.21 bits per heavy atom. The fourth-order valence-corrected chi connectivity index (χ4v) is 5.27. The van der Waals surface area contributed by atoms with Crippen LogP contribution in [-0.4, -0.2) is 32.0 Å². The monoisotopic (exact) mass is 352 g/mol. The Hall–Kier alpha value is -1.24. The van der Waals surface area contributed by atoms with Crippen molar-refractivity contribution in [1.29, 1.82) is 0 Å². The van der Waals surface area contributed by atoms with E-state index < -0.39 is 0 Å². The average Bonchev–Trinajstić information content (AvgIpc) is 3.26. The van der Waals surface area contributed by atoms with Gasteiger partial charge in [-0.25, -0.2) is 9.89 Å². The lowest BCUT2D eigenvalue weighted by Gasteiger charge is -2.29. The van der Waals surface area contributed by atoms with Crippen LogP contribution in [0.15, 0.2) is 9.95 Å². The average molecular weight is 353 g/mol. The molecule has 0 saturated heterocycles. The number of amides is 1. The zero-order chi connectivity index (χ0) is 17.3.